The molecule has 6 nitrogen and oxygen atoms in total. The Hall–Kier alpha value is -2.67. The third-order valence-electron chi connectivity index (χ3n) is 3.93. The Morgan fingerprint density at radius 3 is 2.60 bits per heavy atom. The molecule has 0 radical (unpaired) electrons. The fourth-order valence-corrected chi connectivity index (χ4v) is 3.01. The van der Waals surface area contributed by atoms with Crippen LogP contribution in [-0.2, 0) is 9.59 Å². The van der Waals surface area contributed by atoms with Crippen LogP contribution in [0.2, 0.25) is 0 Å². The smallest absolute Gasteiger partial charge is 0.330 e. The summed E-state index contributed by atoms with van der Waals surface area (Å²) in [6.45, 7) is 3.85. The lowest BCUT2D eigenvalue weighted by Crippen LogP contribution is -2.36. The number of carboxylic acid groups (broad SMARTS) is 1. The molecule has 3 N–H and O–H groups in total. The van der Waals surface area contributed by atoms with Gasteiger partial charge in [-0.05, 0) is 42.0 Å². The average molecular weight is 360 g/mol. The number of amides is 2. The zero-order chi connectivity index (χ0) is 18.4. The Kier molecular flexibility index (Phi) is 6.30. The van der Waals surface area contributed by atoms with Crippen molar-refractivity contribution < 1.29 is 19.5 Å². The largest absolute Gasteiger partial charge is 0.479 e. The molecule has 25 heavy (non-hydrogen) atoms. The highest BCUT2D eigenvalue weighted by atomic mass is 32.1. The van der Waals surface area contributed by atoms with Gasteiger partial charge in [0.05, 0.1) is 0 Å². The normalized spacial score (nSPS) is 11.6. The molecule has 0 aliphatic carbocycles. The maximum Gasteiger partial charge on any atom is 0.330 e. The van der Waals surface area contributed by atoms with Crippen molar-refractivity contribution in [3.8, 4) is 0 Å². The van der Waals surface area contributed by atoms with Crippen molar-refractivity contribution in [3.05, 3.63) is 57.3 Å². The number of aliphatic carboxylic acids is 1. The minimum atomic E-state index is -1.12. The predicted molar refractivity (Wildman–Crippen MR) is 95.7 cm³/mol. The van der Waals surface area contributed by atoms with Gasteiger partial charge in [0, 0.05) is 23.9 Å². The minimum absolute atomic E-state index is 0.00448. The van der Waals surface area contributed by atoms with Gasteiger partial charge in [-0.1, -0.05) is 18.2 Å². The van der Waals surface area contributed by atoms with Crippen LogP contribution in [0.5, 0.6) is 0 Å². The number of aryl methyl sites for hydroxylation is 1. The Morgan fingerprint density at radius 2 is 1.96 bits per heavy atom. The van der Waals surface area contributed by atoms with Crippen molar-refractivity contribution in [2.45, 2.75) is 26.3 Å². The monoisotopic (exact) mass is 360 g/mol. The number of carbonyl (C=O) groups is 3. The molecule has 0 aliphatic heterocycles. The van der Waals surface area contributed by atoms with Gasteiger partial charge in [-0.2, -0.15) is 11.3 Å². The summed E-state index contributed by atoms with van der Waals surface area (Å²) in [7, 11) is 0. The van der Waals surface area contributed by atoms with Crippen LogP contribution in [-0.4, -0.2) is 29.4 Å². The van der Waals surface area contributed by atoms with E-state index in [0.717, 1.165) is 11.1 Å². The van der Waals surface area contributed by atoms with Crippen molar-refractivity contribution in [2.24, 2.45) is 0 Å². The topological polar surface area (TPSA) is 95.5 Å². The van der Waals surface area contributed by atoms with Gasteiger partial charge >= 0.3 is 5.97 Å². The van der Waals surface area contributed by atoms with Gasteiger partial charge in [0.1, 0.15) is 0 Å². The van der Waals surface area contributed by atoms with E-state index in [1.54, 1.807) is 29.0 Å². The zero-order valence-corrected chi connectivity index (χ0v) is 14.9. The quantitative estimate of drug-likeness (QED) is 0.707. The molecule has 0 aliphatic rings. The van der Waals surface area contributed by atoms with Crippen LogP contribution in [0.25, 0.3) is 0 Å². The van der Waals surface area contributed by atoms with E-state index in [1.165, 1.54) is 11.3 Å². The standard InChI is InChI=1S/C18H20N2O4S/c1-11-4-3-5-14(12(11)2)16(18(23)24)20-15(21)6-8-19-17(22)13-7-9-25-10-13/h3-5,7,9-10,16H,6,8H2,1-2H3,(H,19,22)(H,20,21)(H,23,24). The van der Waals surface area contributed by atoms with Gasteiger partial charge in [-0.15, -0.1) is 0 Å². The van der Waals surface area contributed by atoms with Crippen molar-refractivity contribution in [1.82, 2.24) is 10.6 Å². The Balaban J connectivity index is 1.93. The molecule has 132 valence electrons. The van der Waals surface area contributed by atoms with Crippen LogP contribution in [0.4, 0.5) is 0 Å². The van der Waals surface area contributed by atoms with Crippen LogP contribution in [0.15, 0.2) is 35.0 Å². The summed E-state index contributed by atoms with van der Waals surface area (Å²) in [5.74, 6) is -1.80. The summed E-state index contributed by atoms with van der Waals surface area (Å²) in [6.07, 6.45) is 0.00448. The first-order chi connectivity index (χ1) is 11.9. The first kappa shape index (κ1) is 18.7. The number of carboxylic acids is 1. The molecule has 1 aromatic heterocycles. The highest BCUT2D eigenvalue weighted by Crippen LogP contribution is 2.21. The molecular formula is C18H20N2O4S. The van der Waals surface area contributed by atoms with Crippen molar-refractivity contribution in [3.63, 3.8) is 0 Å². The van der Waals surface area contributed by atoms with Gasteiger partial charge in [0.25, 0.3) is 5.91 Å². The van der Waals surface area contributed by atoms with Crippen molar-refractivity contribution >= 4 is 29.1 Å². The van der Waals surface area contributed by atoms with E-state index < -0.39 is 17.9 Å². The number of carbonyl (C=O) groups excluding carboxylic acids is 2. The molecule has 1 heterocycles. The maximum absolute atomic E-state index is 12.1. The van der Waals surface area contributed by atoms with Crippen LogP contribution < -0.4 is 10.6 Å². The number of thiophene rings is 1. The number of benzene rings is 1. The molecule has 2 amide bonds. The van der Waals surface area contributed by atoms with E-state index in [0.29, 0.717) is 11.1 Å². The van der Waals surface area contributed by atoms with Crippen LogP contribution in [0, 0.1) is 13.8 Å². The molecule has 0 spiro atoms. The fourth-order valence-electron chi connectivity index (χ4n) is 2.38. The summed E-state index contributed by atoms with van der Waals surface area (Å²) in [5, 5.41) is 18.1. The van der Waals surface area contributed by atoms with Crippen LogP contribution >= 0.6 is 11.3 Å². The first-order valence-electron chi connectivity index (χ1n) is 7.79. The molecule has 1 atom stereocenters. The van der Waals surface area contributed by atoms with Crippen molar-refractivity contribution in [2.75, 3.05) is 6.54 Å². The molecule has 0 bridgehead atoms. The fraction of sp³-hybridized carbons (Fsp3) is 0.278. The third kappa shape index (κ3) is 4.90. The summed E-state index contributed by atoms with van der Waals surface area (Å²) in [6, 6.07) is 5.93. The number of hydrogen-bond donors (Lipinski definition) is 3. The second-order valence-corrected chi connectivity index (χ2v) is 6.43. The summed E-state index contributed by atoms with van der Waals surface area (Å²) < 4.78 is 0. The molecule has 0 saturated heterocycles. The zero-order valence-electron chi connectivity index (χ0n) is 14.0. The third-order valence-corrected chi connectivity index (χ3v) is 4.61. The Morgan fingerprint density at radius 1 is 1.20 bits per heavy atom. The molecule has 2 aromatic rings. The SMILES string of the molecule is Cc1cccc(C(NC(=O)CCNC(=O)c2ccsc2)C(=O)O)c1C. The molecule has 7 heteroatoms. The average Bonchev–Trinajstić information content (AvgIpc) is 3.10. The lowest BCUT2D eigenvalue weighted by Gasteiger charge is -2.18. The lowest BCUT2D eigenvalue weighted by atomic mass is 9.97. The van der Waals surface area contributed by atoms with E-state index >= 15 is 0 Å². The van der Waals surface area contributed by atoms with Gasteiger partial charge in [-0.25, -0.2) is 4.79 Å². The van der Waals surface area contributed by atoms with Crippen LogP contribution in [0.1, 0.15) is 39.5 Å². The summed E-state index contributed by atoms with van der Waals surface area (Å²) in [4.78, 5) is 35.4. The predicted octanol–water partition coefficient (Wildman–Crippen LogP) is 2.43. The molecule has 2 rings (SSSR count). The maximum atomic E-state index is 12.1. The Labute approximate surface area is 149 Å². The number of nitrogens with one attached hydrogen (secondary N) is 2. The first-order valence-corrected chi connectivity index (χ1v) is 8.73. The van der Waals surface area contributed by atoms with Gasteiger partial charge < -0.3 is 15.7 Å². The molecule has 0 fully saturated rings. The second-order valence-electron chi connectivity index (χ2n) is 5.65. The van der Waals surface area contributed by atoms with Gasteiger partial charge in [0.2, 0.25) is 5.91 Å². The van der Waals surface area contributed by atoms with E-state index in [1.807, 2.05) is 19.9 Å². The summed E-state index contributed by atoms with van der Waals surface area (Å²) >= 11 is 1.41. The highest BCUT2D eigenvalue weighted by molar-refractivity contribution is 7.08. The molecule has 1 aromatic carbocycles. The lowest BCUT2D eigenvalue weighted by molar-refractivity contribution is -0.142. The Bertz CT molecular complexity index is 771. The molecular weight excluding hydrogens is 340 g/mol. The van der Waals surface area contributed by atoms with Crippen molar-refractivity contribution in [1.29, 1.82) is 0 Å². The van der Waals surface area contributed by atoms with E-state index in [2.05, 4.69) is 10.6 Å². The van der Waals surface area contributed by atoms with E-state index in [-0.39, 0.29) is 18.9 Å². The summed E-state index contributed by atoms with van der Waals surface area (Å²) in [5.41, 5.74) is 2.90. The van der Waals surface area contributed by atoms with E-state index in [9.17, 15) is 19.5 Å². The second kappa shape index (κ2) is 8.43. The molecule has 1 unspecified atom stereocenters. The number of hydrogen-bond acceptors (Lipinski definition) is 4. The number of rotatable bonds is 7. The minimum Gasteiger partial charge on any atom is -0.479 e. The highest BCUT2D eigenvalue weighted by Gasteiger charge is 2.24. The van der Waals surface area contributed by atoms with Gasteiger partial charge in [0.15, 0.2) is 6.04 Å². The van der Waals surface area contributed by atoms with Crippen LogP contribution in [0.3, 0.4) is 0 Å². The van der Waals surface area contributed by atoms with Gasteiger partial charge in [-0.3, -0.25) is 9.59 Å². The van der Waals surface area contributed by atoms with E-state index in [4.69, 9.17) is 0 Å². The molecule has 0 saturated carbocycles.